The Balaban J connectivity index is 0. The molecule has 0 saturated carbocycles. The van der Waals surface area contributed by atoms with Gasteiger partial charge in [-0.15, -0.1) is 0 Å². The molecule has 0 spiro atoms. The summed E-state index contributed by atoms with van der Waals surface area (Å²) in [5, 5.41) is 3.22. The Bertz CT molecular complexity index is 119. The van der Waals surface area contributed by atoms with Crippen molar-refractivity contribution >= 4 is 5.84 Å². The van der Waals surface area contributed by atoms with Gasteiger partial charge in [-0.05, 0) is 34.6 Å². The number of hydrogen-bond acceptors (Lipinski definition) is 1. The number of hydrogen-bond donors (Lipinski definition) is 1. The summed E-state index contributed by atoms with van der Waals surface area (Å²) in [5.74, 6) is 1.03. The van der Waals surface area contributed by atoms with Crippen LogP contribution in [0.15, 0.2) is 4.99 Å². The van der Waals surface area contributed by atoms with Gasteiger partial charge in [0.05, 0.1) is 5.84 Å². The van der Waals surface area contributed by atoms with Gasteiger partial charge in [0.15, 0.2) is 0 Å². The quantitative estimate of drug-likeness (QED) is 0.415. The van der Waals surface area contributed by atoms with Gasteiger partial charge in [-0.25, -0.2) is 0 Å². The Labute approximate surface area is 80.3 Å². The molecule has 1 N–H and O–H groups in total. The van der Waals surface area contributed by atoms with Crippen molar-refractivity contribution in [2.45, 2.75) is 46.7 Å². The molecule has 11 heavy (non-hydrogen) atoms. The summed E-state index contributed by atoms with van der Waals surface area (Å²) in [5.41, 5.74) is 0. The number of aliphatic imine (C=N–C) groups is 1. The second-order valence-electron chi connectivity index (χ2n) is 3.11. The minimum atomic E-state index is 0. The van der Waals surface area contributed by atoms with Gasteiger partial charge < -0.3 is 5.32 Å². The molecule has 0 atom stereocenters. The largest absolute Gasteiger partial charge is 1.00 e. The first-order valence-corrected chi connectivity index (χ1v) is 3.83. The molecule has 0 radical (unpaired) electrons. The summed E-state index contributed by atoms with van der Waals surface area (Å²) in [7, 11) is 0. The van der Waals surface area contributed by atoms with Crippen molar-refractivity contribution < 1.29 is 17.1 Å². The fourth-order valence-electron chi connectivity index (χ4n) is 0.842. The molecule has 3 heteroatoms. The van der Waals surface area contributed by atoms with E-state index in [0.29, 0.717) is 12.1 Å². The monoisotopic (exact) mass is 205 g/mol. The molecular weight excluding hydrogens is 188 g/mol. The standard InChI is InChI=1S/C8H18N2.Cu/c1-6(2)9-8(5)10-7(3)4;/h6-7H,1-5H3,(H,9,10);/q;+1. The van der Waals surface area contributed by atoms with Crippen molar-refractivity contribution in [3.05, 3.63) is 0 Å². The van der Waals surface area contributed by atoms with E-state index in [1.807, 2.05) is 6.92 Å². The van der Waals surface area contributed by atoms with Crippen molar-refractivity contribution in [1.82, 2.24) is 5.32 Å². The third-order valence-corrected chi connectivity index (χ3v) is 0.949. The first kappa shape index (κ1) is 13.6. The fourth-order valence-corrected chi connectivity index (χ4v) is 0.842. The van der Waals surface area contributed by atoms with Crippen molar-refractivity contribution in [2.24, 2.45) is 4.99 Å². The molecule has 2 nitrogen and oxygen atoms in total. The van der Waals surface area contributed by atoms with Gasteiger partial charge >= 0.3 is 17.1 Å². The van der Waals surface area contributed by atoms with Gasteiger partial charge in [0, 0.05) is 12.1 Å². The smallest absolute Gasteiger partial charge is 0.372 e. The Morgan fingerprint density at radius 3 is 1.91 bits per heavy atom. The van der Waals surface area contributed by atoms with Crippen LogP contribution >= 0.6 is 0 Å². The number of rotatable bonds is 2. The molecule has 0 aromatic rings. The van der Waals surface area contributed by atoms with Crippen LogP contribution in [-0.4, -0.2) is 17.9 Å². The predicted molar refractivity (Wildman–Crippen MR) is 46.5 cm³/mol. The van der Waals surface area contributed by atoms with E-state index in [-0.39, 0.29) is 17.1 Å². The average Bonchev–Trinajstić information content (AvgIpc) is 1.58. The Morgan fingerprint density at radius 2 is 1.64 bits per heavy atom. The molecule has 0 bridgehead atoms. The van der Waals surface area contributed by atoms with E-state index in [4.69, 9.17) is 0 Å². The maximum Gasteiger partial charge on any atom is 1.00 e. The van der Waals surface area contributed by atoms with E-state index in [2.05, 4.69) is 38.0 Å². The maximum absolute atomic E-state index is 4.32. The Kier molecular flexibility index (Phi) is 8.25. The first-order valence-electron chi connectivity index (χ1n) is 3.83. The molecule has 0 aliphatic heterocycles. The van der Waals surface area contributed by atoms with Crippen LogP contribution in [0.3, 0.4) is 0 Å². The molecule has 0 aromatic carbocycles. The van der Waals surface area contributed by atoms with E-state index in [0.717, 1.165) is 5.84 Å². The van der Waals surface area contributed by atoms with E-state index in [1.54, 1.807) is 0 Å². The first-order chi connectivity index (χ1) is 4.52. The molecule has 0 aromatic heterocycles. The molecule has 0 heterocycles. The van der Waals surface area contributed by atoms with E-state index >= 15 is 0 Å². The summed E-state index contributed by atoms with van der Waals surface area (Å²) in [6.45, 7) is 10.4. The van der Waals surface area contributed by atoms with Crippen LogP contribution in [0.5, 0.6) is 0 Å². The zero-order valence-electron chi connectivity index (χ0n) is 7.90. The van der Waals surface area contributed by atoms with Crippen LogP contribution in [0.1, 0.15) is 34.6 Å². The predicted octanol–water partition coefficient (Wildman–Crippen LogP) is 1.81. The third kappa shape index (κ3) is 9.99. The average molecular weight is 206 g/mol. The second kappa shape index (κ2) is 6.68. The van der Waals surface area contributed by atoms with Gasteiger partial charge in [-0.3, -0.25) is 4.99 Å². The summed E-state index contributed by atoms with van der Waals surface area (Å²) in [4.78, 5) is 4.32. The Morgan fingerprint density at radius 1 is 1.18 bits per heavy atom. The minimum absolute atomic E-state index is 0. The van der Waals surface area contributed by atoms with Gasteiger partial charge in [0.1, 0.15) is 0 Å². The van der Waals surface area contributed by atoms with Gasteiger partial charge in [-0.1, -0.05) is 0 Å². The molecule has 0 aliphatic carbocycles. The molecule has 0 unspecified atom stereocenters. The maximum atomic E-state index is 4.32. The van der Waals surface area contributed by atoms with Crippen molar-refractivity contribution in [1.29, 1.82) is 0 Å². The van der Waals surface area contributed by atoms with Gasteiger partial charge in [0.2, 0.25) is 0 Å². The molecule has 0 amide bonds. The third-order valence-electron chi connectivity index (χ3n) is 0.949. The van der Waals surface area contributed by atoms with Gasteiger partial charge in [0.25, 0.3) is 0 Å². The molecule has 0 rings (SSSR count). The van der Waals surface area contributed by atoms with Gasteiger partial charge in [-0.2, -0.15) is 0 Å². The zero-order valence-corrected chi connectivity index (χ0v) is 8.85. The minimum Gasteiger partial charge on any atom is -0.372 e. The van der Waals surface area contributed by atoms with E-state index < -0.39 is 0 Å². The summed E-state index contributed by atoms with van der Waals surface area (Å²) in [6.07, 6.45) is 0. The van der Waals surface area contributed by atoms with Crippen LogP contribution in [-0.2, 0) is 17.1 Å². The van der Waals surface area contributed by atoms with Crippen molar-refractivity contribution in [3.8, 4) is 0 Å². The van der Waals surface area contributed by atoms with Crippen molar-refractivity contribution in [3.63, 3.8) is 0 Å². The number of nitrogens with one attached hydrogen (secondary N) is 1. The molecule has 70 valence electrons. The van der Waals surface area contributed by atoms with Crippen LogP contribution < -0.4 is 5.32 Å². The normalized spacial score (nSPS) is 11.7. The summed E-state index contributed by atoms with van der Waals surface area (Å²) < 4.78 is 0. The van der Waals surface area contributed by atoms with E-state index in [9.17, 15) is 0 Å². The molecule has 0 fully saturated rings. The second-order valence-corrected chi connectivity index (χ2v) is 3.11. The SMILES string of the molecule is CC(=NC(C)C)NC(C)C.[Cu+]. The van der Waals surface area contributed by atoms with Crippen molar-refractivity contribution in [2.75, 3.05) is 0 Å². The fraction of sp³-hybridized carbons (Fsp3) is 0.875. The number of nitrogens with zero attached hydrogens (tertiary/aromatic N) is 1. The van der Waals surface area contributed by atoms with E-state index in [1.165, 1.54) is 0 Å². The summed E-state index contributed by atoms with van der Waals surface area (Å²) in [6, 6.07) is 0.883. The summed E-state index contributed by atoms with van der Waals surface area (Å²) >= 11 is 0. The van der Waals surface area contributed by atoms with Crippen LogP contribution in [0.2, 0.25) is 0 Å². The number of amidine groups is 1. The van der Waals surface area contributed by atoms with Crippen LogP contribution in [0, 0.1) is 0 Å². The topological polar surface area (TPSA) is 24.4 Å². The molecular formula is C8H18CuN2+. The molecule has 0 aliphatic rings. The van der Waals surface area contributed by atoms with Crippen LogP contribution in [0.25, 0.3) is 0 Å². The van der Waals surface area contributed by atoms with Crippen LogP contribution in [0.4, 0.5) is 0 Å². The zero-order chi connectivity index (χ0) is 8.15. The molecule has 0 saturated heterocycles. The Hall–Kier alpha value is -0.0105.